The van der Waals surface area contributed by atoms with Crippen molar-refractivity contribution in [2.75, 3.05) is 45.9 Å². The second-order valence-electron chi connectivity index (χ2n) is 14.3. The Hall–Kier alpha value is -3.61. The number of sulfonamides is 1. The maximum Gasteiger partial charge on any atom is 0.253 e. The van der Waals surface area contributed by atoms with Crippen molar-refractivity contribution in [3.63, 3.8) is 0 Å². The Labute approximate surface area is 295 Å². The van der Waals surface area contributed by atoms with Crippen molar-refractivity contribution in [1.82, 2.24) is 23.7 Å². The van der Waals surface area contributed by atoms with E-state index in [9.17, 15) is 23.4 Å². The Bertz CT molecular complexity index is 1890. The summed E-state index contributed by atoms with van der Waals surface area (Å²) < 4.78 is 30.1. The van der Waals surface area contributed by atoms with E-state index in [0.29, 0.717) is 36.8 Å². The van der Waals surface area contributed by atoms with Crippen LogP contribution in [-0.2, 0) is 15.4 Å². The summed E-state index contributed by atoms with van der Waals surface area (Å²) in [6.07, 6.45) is 7.47. The lowest BCUT2D eigenvalue weighted by Gasteiger charge is -2.45. The topological polar surface area (TPSA) is 119 Å². The number of aryl methyl sites for hydroxylation is 1. The fourth-order valence-corrected chi connectivity index (χ4v) is 10.6. The number of rotatable bonds is 12. The summed E-state index contributed by atoms with van der Waals surface area (Å²) in [7, 11) is -3.98. The van der Waals surface area contributed by atoms with Crippen LogP contribution in [0.3, 0.4) is 0 Å². The van der Waals surface area contributed by atoms with Crippen molar-refractivity contribution in [2.24, 2.45) is 0 Å². The smallest absolute Gasteiger partial charge is 0.253 e. The number of aliphatic hydroxyl groups excluding tert-OH is 2. The highest BCUT2D eigenvalue weighted by Gasteiger charge is 2.44. The molecule has 50 heavy (non-hydrogen) atoms. The van der Waals surface area contributed by atoms with Gasteiger partial charge in [0.1, 0.15) is 5.82 Å². The normalized spacial score (nSPS) is 22.4. The van der Waals surface area contributed by atoms with Crippen LogP contribution in [0.2, 0.25) is 0 Å². The minimum atomic E-state index is -3.98. The molecule has 10 nitrogen and oxygen atoms in total. The molecule has 1 amide bonds. The van der Waals surface area contributed by atoms with Gasteiger partial charge in [-0.15, -0.1) is 0 Å². The fraction of sp³-hybridized carbons (Fsp3) is 0.487. The van der Waals surface area contributed by atoms with Gasteiger partial charge >= 0.3 is 0 Å². The van der Waals surface area contributed by atoms with Crippen LogP contribution in [0.4, 0.5) is 0 Å². The van der Waals surface area contributed by atoms with E-state index < -0.39 is 10.0 Å². The zero-order valence-electron chi connectivity index (χ0n) is 28.9. The molecule has 11 heteroatoms. The molecule has 3 aromatic carbocycles. The molecule has 3 aliphatic rings. The van der Waals surface area contributed by atoms with E-state index in [2.05, 4.69) is 71.0 Å². The number of carbonyl (C=O) groups is 1. The number of amides is 1. The van der Waals surface area contributed by atoms with Crippen molar-refractivity contribution in [1.29, 1.82) is 0 Å². The van der Waals surface area contributed by atoms with Crippen LogP contribution in [0.5, 0.6) is 0 Å². The summed E-state index contributed by atoms with van der Waals surface area (Å²) in [5.74, 6) is 0.925. The number of carbonyl (C=O) groups excluding carboxylic acids is 1. The highest BCUT2D eigenvalue weighted by molar-refractivity contribution is 7.89. The van der Waals surface area contributed by atoms with E-state index in [0.717, 1.165) is 54.3 Å². The second-order valence-corrected chi connectivity index (χ2v) is 16.3. The van der Waals surface area contributed by atoms with E-state index in [4.69, 9.17) is 4.98 Å². The van der Waals surface area contributed by atoms with Gasteiger partial charge in [-0.1, -0.05) is 48.5 Å². The molecule has 4 heterocycles. The van der Waals surface area contributed by atoms with Crippen LogP contribution in [0.25, 0.3) is 11.0 Å². The Kier molecular flexibility index (Phi) is 10.1. The van der Waals surface area contributed by atoms with Gasteiger partial charge in [-0.25, -0.2) is 13.4 Å². The lowest BCUT2D eigenvalue weighted by Crippen LogP contribution is -2.49. The molecule has 1 aromatic heterocycles. The van der Waals surface area contributed by atoms with Gasteiger partial charge in [0.05, 0.1) is 29.1 Å². The van der Waals surface area contributed by atoms with E-state index in [1.165, 1.54) is 36.1 Å². The number of aromatic nitrogens is 2. The molecule has 0 spiro atoms. The first-order valence-corrected chi connectivity index (χ1v) is 19.5. The highest BCUT2D eigenvalue weighted by Crippen LogP contribution is 2.45. The van der Waals surface area contributed by atoms with Gasteiger partial charge in [0.25, 0.3) is 5.91 Å². The molecule has 266 valence electrons. The number of hydrogen-bond donors (Lipinski definition) is 2. The van der Waals surface area contributed by atoms with Gasteiger partial charge in [-0.3, -0.25) is 9.69 Å². The average Bonchev–Trinajstić information content (AvgIpc) is 3.60. The highest BCUT2D eigenvalue weighted by atomic mass is 32.2. The largest absolute Gasteiger partial charge is 0.395 e. The summed E-state index contributed by atoms with van der Waals surface area (Å²) >= 11 is 0. The Morgan fingerprint density at radius 3 is 2.22 bits per heavy atom. The van der Waals surface area contributed by atoms with Gasteiger partial charge in [-0.2, -0.15) is 4.31 Å². The standard InChI is InChI=1S/C39H49N5O5S/c1-29-40-36-12-5-6-13-37(36)44(29)34-27-32-14-15-33(28-34)43(32)21-18-39(31-9-3-2-4-10-31)16-19-41(20-17-39)38(47)30-8-7-11-35(26-30)50(48,49)42(22-24-45)23-25-46/h2-13,26,32-34,45-46H,14-25,27-28H2,1H3/t32-,33+,34?. The minimum absolute atomic E-state index is 0.0179. The molecule has 3 fully saturated rings. The molecule has 0 radical (unpaired) electrons. The molecular formula is C39H49N5O5S. The molecule has 0 aliphatic carbocycles. The fourth-order valence-electron chi connectivity index (χ4n) is 9.10. The Balaban J connectivity index is 1.04. The average molecular weight is 700 g/mol. The zero-order valence-corrected chi connectivity index (χ0v) is 29.7. The molecule has 3 saturated heterocycles. The number of aliphatic hydroxyl groups is 2. The number of hydrogen-bond acceptors (Lipinski definition) is 7. The molecule has 3 atom stereocenters. The third-order valence-electron chi connectivity index (χ3n) is 11.7. The van der Waals surface area contributed by atoms with E-state index >= 15 is 0 Å². The summed E-state index contributed by atoms with van der Waals surface area (Å²) in [5, 5.41) is 18.8. The van der Waals surface area contributed by atoms with Crippen LogP contribution < -0.4 is 0 Å². The summed E-state index contributed by atoms with van der Waals surface area (Å²) in [6.45, 7) is 3.37. The van der Waals surface area contributed by atoms with Crippen molar-refractivity contribution >= 4 is 27.0 Å². The van der Waals surface area contributed by atoms with Crippen molar-refractivity contribution < 1.29 is 23.4 Å². The van der Waals surface area contributed by atoms with Gasteiger partial charge in [0.15, 0.2) is 0 Å². The van der Waals surface area contributed by atoms with Crippen LogP contribution in [-0.4, -0.2) is 106 Å². The monoisotopic (exact) mass is 699 g/mol. The molecule has 2 N–H and O–H groups in total. The van der Waals surface area contributed by atoms with Crippen LogP contribution in [0.15, 0.2) is 83.8 Å². The Morgan fingerprint density at radius 2 is 1.54 bits per heavy atom. The first kappa shape index (κ1) is 34.8. The van der Waals surface area contributed by atoms with Gasteiger partial charge < -0.3 is 19.7 Å². The third kappa shape index (κ3) is 6.62. The first-order chi connectivity index (χ1) is 24.2. The van der Waals surface area contributed by atoms with Crippen LogP contribution in [0, 0.1) is 6.92 Å². The summed E-state index contributed by atoms with van der Waals surface area (Å²) in [5.41, 5.74) is 3.93. The van der Waals surface area contributed by atoms with E-state index in [1.54, 1.807) is 12.1 Å². The molecular weight excluding hydrogens is 651 g/mol. The lowest BCUT2D eigenvalue weighted by atomic mass is 9.70. The quantitative estimate of drug-likeness (QED) is 0.219. The predicted molar refractivity (Wildman–Crippen MR) is 194 cm³/mol. The van der Waals surface area contributed by atoms with Gasteiger partial charge in [0, 0.05) is 49.9 Å². The lowest BCUT2D eigenvalue weighted by molar-refractivity contribution is 0.0606. The third-order valence-corrected chi connectivity index (χ3v) is 13.6. The molecule has 0 saturated carbocycles. The van der Waals surface area contributed by atoms with Crippen molar-refractivity contribution in [3.8, 4) is 0 Å². The van der Waals surface area contributed by atoms with E-state index in [-0.39, 0.29) is 42.5 Å². The van der Waals surface area contributed by atoms with Gasteiger partial charge in [0.2, 0.25) is 10.0 Å². The molecule has 2 bridgehead atoms. The SMILES string of the molecule is Cc1nc2ccccc2n1C1C[C@H]2CC[C@@H](C1)N2CCC1(c2ccccc2)CCN(C(=O)c2cccc(S(=O)(=O)N(CCO)CCO)c2)CC1. The molecule has 1 unspecified atom stereocenters. The first-order valence-electron chi connectivity index (χ1n) is 18.1. The number of nitrogens with zero attached hydrogens (tertiary/aromatic N) is 5. The van der Waals surface area contributed by atoms with Crippen molar-refractivity contribution in [3.05, 3.63) is 95.8 Å². The molecule has 4 aromatic rings. The van der Waals surface area contributed by atoms with Crippen LogP contribution >= 0.6 is 0 Å². The number of likely N-dealkylation sites (tertiary alicyclic amines) is 1. The number of fused-ring (bicyclic) bond motifs is 3. The maximum absolute atomic E-state index is 13.8. The minimum Gasteiger partial charge on any atom is -0.395 e. The van der Waals surface area contributed by atoms with Crippen LogP contribution in [0.1, 0.15) is 72.7 Å². The maximum atomic E-state index is 13.8. The Morgan fingerprint density at radius 1 is 0.880 bits per heavy atom. The van der Waals surface area contributed by atoms with Gasteiger partial charge in [-0.05, 0) is 99.7 Å². The number of piperidine rings is 2. The number of benzene rings is 3. The second kappa shape index (κ2) is 14.6. The number of imidazole rings is 1. The predicted octanol–water partition coefficient (Wildman–Crippen LogP) is 4.75. The molecule has 7 rings (SSSR count). The number of para-hydroxylation sites is 2. The molecule has 3 aliphatic heterocycles. The van der Waals surface area contributed by atoms with Crippen molar-refractivity contribution in [2.45, 2.75) is 80.3 Å². The zero-order chi connectivity index (χ0) is 34.9. The summed E-state index contributed by atoms with van der Waals surface area (Å²) in [4.78, 5) is 23.3. The van der Waals surface area contributed by atoms with E-state index in [1.807, 2.05) is 4.90 Å². The summed E-state index contributed by atoms with van der Waals surface area (Å²) in [6, 6.07) is 27.0.